The molecule has 1 aliphatic carbocycles. The van der Waals surface area contributed by atoms with Crippen LogP contribution in [0.1, 0.15) is 38.2 Å². The summed E-state index contributed by atoms with van der Waals surface area (Å²) in [5.41, 5.74) is -2.13. The number of rotatable bonds is 4. The molecule has 1 aromatic carbocycles. The van der Waals surface area contributed by atoms with Crippen LogP contribution in [-0.2, 0) is 16.0 Å². The lowest BCUT2D eigenvalue weighted by atomic mass is 9.84. The van der Waals surface area contributed by atoms with Crippen molar-refractivity contribution in [2.75, 3.05) is 5.75 Å². The van der Waals surface area contributed by atoms with Crippen molar-refractivity contribution in [2.45, 2.75) is 43.7 Å². The van der Waals surface area contributed by atoms with E-state index in [-0.39, 0.29) is 17.2 Å². The number of sulfone groups is 1. The minimum Gasteiger partial charge on any atom is -0.250 e. The first-order valence-corrected chi connectivity index (χ1v) is 10.9. The molecule has 0 atom stereocenters. The van der Waals surface area contributed by atoms with Crippen LogP contribution >= 0.6 is 0 Å². The van der Waals surface area contributed by atoms with Gasteiger partial charge in [0.25, 0.3) is 0 Å². The molecule has 1 saturated carbocycles. The van der Waals surface area contributed by atoms with Gasteiger partial charge in [-0.25, -0.2) is 17.2 Å². The van der Waals surface area contributed by atoms with E-state index in [0.29, 0.717) is 37.1 Å². The van der Waals surface area contributed by atoms with E-state index in [1.807, 2.05) is 0 Å². The highest BCUT2D eigenvalue weighted by Crippen LogP contribution is 2.39. The molecular formula is C20H20F5NO2S. The van der Waals surface area contributed by atoms with Gasteiger partial charge in [0.1, 0.15) is 11.5 Å². The Morgan fingerprint density at radius 1 is 1.07 bits per heavy atom. The molecule has 0 unspecified atom stereocenters. The molecule has 158 valence electrons. The van der Waals surface area contributed by atoms with Gasteiger partial charge in [-0.15, -0.1) is 0 Å². The van der Waals surface area contributed by atoms with E-state index < -0.39 is 43.8 Å². The van der Waals surface area contributed by atoms with Crippen LogP contribution in [0.2, 0.25) is 0 Å². The predicted molar refractivity (Wildman–Crippen MR) is 97.8 cm³/mol. The fourth-order valence-corrected chi connectivity index (χ4v) is 5.61. The van der Waals surface area contributed by atoms with Crippen LogP contribution in [0.25, 0.3) is 11.3 Å². The Bertz CT molecular complexity index is 996. The predicted octanol–water partition coefficient (Wildman–Crippen LogP) is 5.65. The molecule has 3 nitrogen and oxygen atoms in total. The highest BCUT2D eigenvalue weighted by molar-refractivity contribution is 7.91. The number of aromatic nitrogens is 1. The molecule has 9 heteroatoms. The fourth-order valence-electron chi connectivity index (χ4n) is 3.69. The zero-order valence-corrected chi connectivity index (χ0v) is 16.5. The zero-order valence-electron chi connectivity index (χ0n) is 15.6. The van der Waals surface area contributed by atoms with Crippen molar-refractivity contribution in [3.8, 4) is 11.3 Å². The van der Waals surface area contributed by atoms with Crippen molar-refractivity contribution in [1.82, 2.24) is 4.98 Å². The number of hydrogen-bond donors (Lipinski definition) is 0. The zero-order chi connectivity index (χ0) is 21.4. The second-order valence-electron chi connectivity index (χ2n) is 7.60. The number of hydrogen-bond acceptors (Lipinski definition) is 3. The van der Waals surface area contributed by atoms with Gasteiger partial charge in [-0.05, 0) is 36.8 Å². The molecule has 0 bridgehead atoms. The molecule has 0 radical (unpaired) electrons. The van der Waals surface area contributed by atoms with E-state index in [9.17, 15) is 30.4 Å². The summed E-state index contributed by atoms with van der Waals surface area (Å²) in [6.07, 6.45) is -1.27. The molecule has 2 aromatic rings. The molecule has 3 rings (SSSR count). The monoisotopic (exact) mass is 433 g/mol. The van der Waals surface area contributed by atoms with Crippen LogP contribution in [0, 0.1) is 23.5 Å². The summed E-state index contributed by atoms with van der Waals surface area (Å²) in [4.78, 5) is 2.67. The molecule has 0 saturated heterocycles. The van der Waals surface area contributed by atoms with E-state index in [1.165, 1.54) is 0 Å². The van der Waals surface area contributed by atoms with Gasteiger partial charge in [-0.3, -0.25) is 4.98 Å². The largest absolute Gasteiger partial charge is 0.417 e. The molecule has 0 aliphatic heterocycles. The summed E-state index contributed by atoms with van der Waals surface area (Å²) in [6, 6.07) is 2.96. The Labute approximate surface area is 165 Å². The van der Waals surface area contributed by atoms with Crippen molar-refractivity contribution in [3.63, 3.8) is 0 Å². The lowest BCUT2D eigenvalue weighted by molar-refractivity contribution is -0.139. The average Bonchev–Trinajstić information content (AvgIpc) is 2.62. The Balaban J connectivity index is 2.00. The molecular weight excluding hydrogens is 413 g/mol. The summed E-state index contributed by atoms with van der Waals surface area (Å²) in [7, 11) is -4.20. The van der Waals surface area contributed by atoms with Gasteiger partial charge in [-0.1, -0.05) is 25.8 Å². The Morgan fingerprint density at radius 3 is 2.31 bits per heavy atom. The summed E-state index contributed by atoms with van der Waals surface area (Å²) >= 11 is 0. The van der Waals surface area contributed by atoms with Gasteiger partial charge >= 0.3 is 6.18 Å². The van der Waals surface area contributed by atoms with Crippen molar-refractivity contribution in [2.24, 2.45) is 11.8 Å². The Hall–Kier alpha value is -2.03. The molecule has 0 spiro atoms. The van der Waals surface area contributed by atoms with Gasteiger partial charge in [0.05, 0.1) is 22.4 Å². The van der Waals surface area contributed by atoms with E-state index in [2.05, 4.69) is 11.9 Å². The van der Waals surface area contributed by atoms with Crippen LogP contribution in [0.3, 0.4) is 0 Å². The van der Waals surface area contributed by atoms with E-state index in [4.69, 9.17) is 0 Å². The van der Waals surface area contributed by atoms with Crippen LogP contribution in [-0.4, -0.2) is 19.2 Å². The maximum Gasteiger partial charge on any atom is 0.417 e. The number of halogens is 5. The summed E-state index contributed by atoms with van der Waals surface area (Å²) in [5.74, 6) is -2.16. The second kappa shape index (κ2) is 8.01. The first-order chi connectivity index (χ1) is 13.5. The average molecular weight is 433 g/mol. The summed E-state index contributed by atoms with van der Waals surface area (Å²) in [6.45, 7) is 2.06. The highest BCUT2D eigenvalue weighted by Gasteiger charge is 2.38. The van der Waals surface area contributed by atoms with Gasteiger partial charge in [-0.2, -0.15) is 13.2 Å². The van der Waals surface area contributed by atoms with Crippen LogP contribution in [0.5, 0.6) is 0 Å². The van der Waals surface area contributed by atoms with E-state index in [1.54, 1.807) is 0 Å². The SMILES string of the molecule is CC1CCC(CS(=O)(=O)c2ccc(-c3ncc(F)cc3F)cc2C(F)(F)F)CC1. The van der Waals surface area contributed by atoms with Crippen molar-refractivity contribution in [1.29, 1.82) is 0 Å². The molecule has 29 heavy (non-hydrogen) atoms. The highest BCUT2D eigenvalue weighted by atomic mass is 32.2. The molecule has 0 N–H and O–H groups in total. The topological polar surface area (TPSA) is 47.0 Å². The smallest absolute Gasteiger partial charge is 0.250 e. The van der Waals surface area contributed by atoms with Gasteiger partial charge in [0.15, 0.2) is 15.7 Å². The van der Waals surface area contributed by atoms with Crippen molar-refractivity contribution in [3.05, 3.63) is 47.7 Å². The first-order valence-electron chi connectivity index (χ1n) is 9.23. The first kappa shape index (κ1) is 21.7. The third-order valence-corrected chi connectivity index (χ3v) is 7.23. The number of benzene rings is 1. The quantitative estimate of drug-likeness (QED) is 0.586. The van der Waals surface area contributed by atoms with E-state index >= 15 is 0 Å². The molecule has 1 aromatic heterocycles. The number of alkyl halides is 3. The minimum absolute atomic E-state index is 0.187. The van der Waals surface area contributed by atoms with Crippen LogP contribution in [0.4, 0.5) is 22.0 Å². The maximum absolute atomic E-state index is 13.9. The van der Waals surface area contributed by atoms with Crippen LogP contribution < -0.4 is 0 Å². The van der Waals surface area contributed by atoms with Gasteiger partial charge in [0.2, 0.25) is 0 Å². The maximum atomic E-state index is 13.9. The Morgan fingerprint density at radius 2 is 1.72 bits per heavy atom. The fraction of sp³-hybridized carbons (Fsp3) is 0.450. The number of pyridine rings is 1. The lowest BCUT2D eigenvalue weighted by Crippen LogP contribution is -2.23. The van der Waals surface area contributed by atoms with Gasteiger partial charge in [0, 0.05) is 11.6 Å². The molecule has 1 aliphatic rings. The van der Waals surface area contributed by atoms with Crippen LogP contribution in [0.15, 0.2) is 35.4 Å². The second-order valence-corrected chi connectivity index (χ2v) is 9.60. The molecule has 0 amide bonds. The normalized spacial score (nSPS) is 20.6. The van der Waals surface area contributed by atoms with Crippen molar-refractivity contribution >= 4 is 9.84 Å². The summed E-state index contributed by atoms with van der Waals surface area (Å²) < 4.78 is 93.4. The number of nitrogens with zero attached hydrogens (tertiary/aromatic N) is 1. The third-order valence-electron chi connectivity index (χ3n) is 5.29. The van der Waals surface area contributed by atoms with Gasteiger partial charge < -0.3 is 0 Å². The standard InChI is InChI=1S/C20H20F5NO2S/c1-12-2-4-13(5-3-12)11-29(27,28)18-7-6-14(8-16(18)20(23,24)25)19-17(22)9-15(21)10-26-19/h6-10,12-13H,2-5,11H2,1H3. The third kappa shape index (κ3) is 4.94. The molecule has 1 heterocycles. The van der Waals surface area contributed by atoms with E-state index in [0.717, 1.165) is 25.0 Å². The van der Waals surface area contributed by atoms with Crippen molar-refractivity contribution < 1.29 is 30.4 Å². The summed E-state index contributed by atoms with van der Waals surface area (Å²) in [5, 5.41) is 0. The lowest BCUT2D eigenvalue weighted by Gasteiger charge is -2.26. The minimum atomic E-state index is -4.96. The molecule has 1 fully saturated rings. The Kier molecular flexibility index (Phi) is 5.98.